The fraction of sp³-hybridized carbons (Fsp3) is 0.538. The molecule has 0 saturated carbocycles. The number of hydrogen-bond donors (Lipinski definition) is 1. The fourth-order valence-corrected chi connectivity index (χ4v) is 1.48. The summed E-state index contributed by atoms with van der Waals surface area (Å²) < 4.78 is 10.6. The third kappa shape index (κ3) is 1.95. The van der Waals surface area contributed by atoms with Crippen LogP contribution in [0, 0.1) is 6.92 Å². The van der Waals surface area contributed by atoms with Crippen LogP contribution in [0.2, 0.25) is 0 Å². The highest BCUT2D eigenvalue weighted by Gasteiger charge is 2.40. The zero-order valence-corrected chi connectivity index (χ0v) is 11.4. The topological polar surface area (TPSA) is 78.1 Å². The van der Waals surface area contributed by atoms with E-state index in [0.717, 1.165) is 11.3 Å². The van der Waals surface area contributed by atoms with Crippen molar-refractivity contribution >= 4 is 0 Å². The first-order chi connectivity index (χ1) is 8.23. The average molecular weight is 249 g/mol. The molecule has 2 heterocycles. The molecule has 0 spiro atoms. The third-order valence-corrected chi connectivity index (χ3v) is 3.67. The Morgan fingerprint density at radius 2 is 1.89 bits per heavy atom. The Balaban J connectivity index is 2.41. The van der Waals surface area contributed by atoms with E-state index in [9.17, 15) is 0 Å². The summed E-state index contributed by atoms with van der Waals surface area (Å²) in [6.45, 7) is 9.74. The molecule has 0 radical (unpaired) electrons. The molecule has 98 valence electrons. The van der Waals surface area contributed by atoms with Gasteiger partial charge in [0.2, 0.25) is 11.7 Å². The minimum absolute atomic E-state index is 0.407. The lowest BCUT2D eigenvalue weighted by molar-refractivity contribution is 0.223. The standard InChI is InChI=1S/C13H19N3O2/c1-8-9(6-7-17-8)10-15-11(18-16-10)12(2,3)13(4,5)14/h6-7H,14H2,1-5H3. The maximum Gasteiger partial charge on any atom is 0.234 e. The number of aryl methyl sites for hydroxylation is 1. The number of hydrogen-bond acceptors (Lipinski definition) is 5. The van der Waals surface area contributed by atoms with Crippen molar-refractivity contribution in [2.45, 2.75) is 45.6 Å². The predicted molar refractivity (Wildman–Crippen MR) is 68.0 cm³/mol. The van der Waals surface area contributed by atoms with Gasteiger partial charge in [0.15, 0.2) is 0 Å². The second kappa shape index (κ2) is 3.95. The molecule has 5 heteroatoms. The minimum Gasteiger partial charge on any atom is -0.469 e. The Morgan fingerprint density at radius 3 is 2.39 bits per heavy atom. The SMILES string of the molecule is Cc1occc1-c1noc(C(C)(C)C(C)(C)N)n1. The smallest absolute Gasteiger partial charge is 0.234 e. The molecule has 5 nitrogen and oxygen atoms in total. The van der Waals surface area contributed by atoms with Crippen molar-refractivity contribution in [1.29, 1.82) is 0 Å². The quantitative estimate of drug-likeness (QED) is 0.904. The molecule has 0 atom stereocenters. The molecule has 2 rings (SSSR count). The van der Waals surface area contributed by atoms with Gasteiger partial charge in [-0.1, -0.05) is 5.16 Å². The minimum atomic E-state index is -0.456. The zero-order valence-electron chi connectivity index (χ0n) is 11.4. The first-order valence-corrected chi connectivity index (χ1v) is 5.91. The van der Waals surface area contributed by atoms with Gasteiger partial charge >= 0.3 is 0 Å². The van der Waals surface area contributed by atoms with Gasteiger partial charge < -0.3 is 14.7 Å². The van der Waals surface area contributed by atoms with Gasteiger partial charge in [-0.25, -0.2) is 0 Å². The summed E-state index contributed by atoms with van der Waals surface area (Å²) >= 11 is 0. The van der Waals surface area contributed by atoms with Gasteiger partial charge in [0.1, 0.15) is 5.76 Å². The molecule has 0 aliphatic rings. The van der Waals surface area contributed by atoms with Gasteiger partial charge in [-0.05, 0) is 40.7 Å². The molecular weight excluding hydrogens is 230 g/mol. The zero-order chi connectivity index (χ0) is 13.6. The van der Waals surface area contributed by atoms with Crippen molar-refractivity contribution in [3.05, 3.63) is 24.0 Å². The van der Waals surface area contributed by atoms with Crippen molar-refractivity contribution in [3.63, 3.8) is 0 Å². The van der Waals surface area contributed by atoms with Crippen molar-refractivity contribution < 1.29 is 8.94 Å². The van der Waals surface area contributed by atoms with Crippen molar-refractivity contribution in [2.24, 2.45) is 5.73 Å². The first-order valence-electron chi connectivity index (χ1n) is 5.91. The lowest BCUT2D eigenvalue weighted by Crippen LogP contribution is -2.50. The van der Waals surface area contributed by atoms with E-state index in [4.69, 9.17) is 14.7 Å². The summed E-state index contributed by atoms with van der Waals surface area (Å²) in [6, 6.07) is 1.82. The van der Waals surface area contributed by atoms with Crippen molar-refractivity contribution in [2.75, 3.05) is 0 Å². The van der Waals surface area contributed by atoms with E-state index in [1.54, 1.807) is 6.26 Å². The van der Waals surface area contributed by atoms with Crippen LogP contribution in [-0.2, 0) is 5.41 Å². The molecule has 0 saturated heterocycles. The molecule has 0 bridgehead atoms. The van der Waals surface area contributed by atoms with Gasteiger partial charge in [-0.2, -0.15) is 4.98 Å². The monoisotopic (exact) mass is 249 g/mol. The summed E-state index contributed by atoms with van der Waals surface area (Å²) in [5.41, 5.74) is 6.14. The molecular formula is C13H19N3O2. The fourth-order valence-electron chi connectivity index (χ4n) is 1.48. The van der Waals surface area contributed by atoms with E-state index >= 15 is 0 Å². The maximum atomic E-state index is 6.16. The van der Waals surface area contributed by atoms with Crippen LogP contribution in [0.15, 0.2) is 21.3 Å². The van der Waals surface area contributed by atoms with Crippen LogP contribution < -0.4 is 5.73 Å². The van der Waals surface area contributed by atoms with E-state index in [1.807, 2.05) is 40.7 Å². The van der Waals surface area contributed by atoms with Crippen LogP contribution in [0.1, 0.15) is 39.3 Å². The van der Waals surface area contributed by atoms with E-state index in [-0.39, 0.29) is 0 Å². The number of rotatable bonds is 3. The predicted octanol–water partition coefficient (Wildman–Crippen LogP) is 2.65. The average Bonchev–Trinajstić information content (AvgIpc) is 2.83. The highest BCUT2D eigenvalue weighted by Crippen LogP contribution is 2.33. The van der Waals surface area contributed by atoms with Crippen LogP contribution >= 0.6 is 0 Å². The third-order valence-electron chi connectivity index (χ3n) is 3.67. The molecule has 2 N–H and O–H groups in total. The molecule has 2 aromatic rings. The van der Waals surface area contributed by atoms with Crippen LogP contribution in [0.3, 0.4) is 0 Å². The summed E-state index contributed by atoms with van der Waals surface area (Å²) in [5, 5.41) is 4.00. The summed E-state index contributed by atoms with van der Waals surface area (Å²) in [4.78, 5) is 4.43. The first kappa shape index (κ1) is 12.8. The molecule has 18 heavy (non-hydrogen) atoms. The molecule has 0 unspecified atom stereocenters. The van der Waals surface area contributed by atoms with Crippen LogP contribution in [-0.4, -0.2) is 15.7 Å². The summed E-state index contributed by atoms with van der Waals surface area (Å²) in [5.74, 6) is 1.84. The summed E-state index contributed by atoms with van der Waals surface area (Å²) in [6.07, 6.45) is 1.61. The Morgan fingerprint density at radius 1 is 1.22 bits per heavy atom. The Kier molecular flexibility index (Phi) is 2.81. The van der Waals surface area contributed by atoms with Crippen molar-refractivity contribution in [1.82, 2.24) is 10.1 Å². The Hall–Kier alpha value is -1.62. The van der Waals surface area contributed by atoms with Gasteiger partial charge in [0.25, 0.3) is 0 Å². The summed E-state index contributed by atoms with van der Waals surface area (Å²) in [7, 11) is 0. The van der Waals surface area contributed by atoms with Crippen LogP contribution in [0.25, 0.3) is 11.4 Å². The van der Waals surface area contributed by atoms with Gasteiger partial charge in [-0.3, -0.25) is 0 Å². The molecule has 0 aliphatic heterocycles. The van der Waals surface area contributed by atoms with E-state index in [1.165, 1.54) is 0 Å². The normalized spacial score (nSPS) is 13.0. The number of aromatic nitrogens is 2. The lowest BCUT2D eigenvalue weighted by atomic mass is 9.75. The number of nitrogens with two attached hydrogens (primary N) is 1. The second-order valence-corrected chi connectivity index (χ2v) is 5.66. The van der Waals surface area contributed by atoms with Crippen LogP contribution in [0.5, 0.6) is 0 Å². The molecule has 0 amide bonds. The van der Waals surface area contributed by atoms with E-state index in [0.29, 0.717) is 11.7 Å². The van der Waals surface area contributed by atoms with E-state index < -0.39 is 11.0 Å². The Labute approximate surface area is 106 Å². The largest absolute Gasteiger partial charge is 0.469 e. The van der Waals surface area contributed by atoms with E-state index in [2.05, 4.69) is 10.1 Å². The number of furan rings is 1. The molecule has 0 aromatic carbocycles. The second-order valence-electron chi connectivity index (χ2n) is 5.66. The maximum absolute atomic E-state index is 6.16. The van der Waals surface area contributed by atoms with Gasteiger partial charge in [0.05, 0.1) is 17.2 Å². The Bertz CT molecular complexity index is 547. The molecule has 2 aromatic heterocycles. The highest BCUT2D eigenvalue weighted by atomic mass is 16.5. The van der Waals surface area contributed by atoms with Crippen molar-refractivity contribution in [3.8, 4) is 11.4 Å². The highest BCUT2D eigenvalue weighted by molar-refractivity contribution is 5.56. The molecule has 0 fully saturated rings. The van der Waals surface area contributed by atoms with Gasteiger partial charge in [0, 0.05) is 5.54 Å². The number of nitrogens with zero attached hydrogens (tertiary/aromatic N) is 2. The lowest BCUT2D eigenvalue weighted by Gasteiger charge is -2.34. The van der Waals surface area contributed by atoms with Crippen LogP contribution in [0.4, 0.5) is 0 Å². The molecule has 0 aliphatic carbocycles. The van der Waals surface area contributed by atoms with Gasteiger partial charge in [-0.15, -0.1) is 0 Å².